The van der Waals surface area contributed by atoms with Crippen molar-refractivity contribution in [3.63, 3.8) is 0 Å². The molecule has 1 unspecified atom stereocenters. The van der Waals surface area contributed by atoms with Crippen LogP contribution in [0.1, 0.15) is 39.0 Å². The van der Waals surface area contributed by atoms with Gasteiger partial charge in [-0.3, -0.25) is 4.79 Å². The maximum absolute atomic E-state index is 11.1. The Hall–Kier alpha value is -0.790. The van der Waals surface area contributed by atoms with Crippen LogP contribution in [-0.4, -0.2) is 23.8 Å². The van der Waals surface area contributed by atoms with Gasteiger partial charge in [0.2, 0.25) is 0 Å². The highest BCUT2D eigenvalue weighted by Gasteiger charge is 2.25. The van der Waals surface area contributed by atoms with Crippen molar-refractivity contribution in [3.8, 4) is 0 Å². The van der Waals surface area contributed by atoms with Crippen LogP contribution >= 0.6 is 0 Å². The number of nitrogens with zero attached hydrogens (tertiary/aromatic N) is 1. The van der Waals surface area contributed by atoms with Crippen LogP contribution in [0.5, 0.6) is 0 Å². The minimum atomic E-state index is 0.318. The lowest BCUT2D eigenvalue weighted by Crippen LogP contribution is -2.18. The first-order valence-corrected chi connectivity index (χ1v) is 5.78. The quantitative estimate of drug-likeness (QED) is 0.685. The van der Waals surface area contributed by atoms with E-state index in [4.69, 9.17) is 0 Å². The predicted molar refractivity (Wildman–Crippen MR) is 56.9 cm³/mol. The summed E-state index contributed by atoms with van der Waals surface area (Å²) in [7, 11) is 0. The number of hydrogen-bond donors (Lipinski definition) is 0. The molecule has 0 spiro atoms. The average Bonchev–Trinajstić information content (AvgIpc) is 2.74. The van der Waals surface area contributed by atoms with Crippen molar-refractivity contribution in [1.82, 2.24) is 4.90 Å². The molecular formula is C12H19NO. The number of carbonyl (C=O) groups excluding carboxylic acids is 1. The van der Waals surface area contributed by atoms with E-state index in [2.05, 4.69) is 11.8 Å². The van der Waals surface area contributed by atoms with Crippen LogP contribution in [-0.2, 0) is 4.79 Å². The topological polar surface area (TPSA) is 20.3 Å². The van der Waals surface area contributed by atoms with E-state index in [-0.39, 0.29) is 0 Å². The minimum absolute atomic E-state index is 0.318. The zero-order chi connectivity index (χ0) is 9.97. The Kier molecular flexibility index (Phi) is 2.90. The first-order valence-electron chi connectivity index (χ1n) is 5.78. The molecule has 2 heteroatoms. The average molecular weight is 193 g/mol. The summed E-state index contributed by atoms with van der Waals surface area (Å²) >= 11 is 0. The molecule has 0 radical (unpaired) electrons. The molecule has 2 rings (SSSR count). The van der Waals surface area contributed by atoms with Crippen LogP contribution < -0.4 is 0 Å². The highest BCUT2D eigenvalue weighted by molar-refractivity contribution is 5.92. The Morgan fingerprint density at radius 2 is 2.36 bits per heavy atom. The van der Waals surface area contributed by atoms with E-state index in [9.17, 15) is 4.79 Å². The third kappa shape index (κ3) is 1.99. The van der Waals surface area contributed by atoms with Crippen molar-refractivity contribution in [1.29, 1.82) is 0 Å². The van der Waals surface area contributed by atoms with Crippen LogP contribution in [0, 0.1) is 5.92 Å². The third-order valence-electron chi connectivity index (χ3n) is 3.34. The summed E-state index contributed by atoms with van der Waals surface area (Å²) < 4.78 is 0. The minimum Gasteiger partial charge on any atom is -0.374 e. The summed E-state index contributed by atoms with van der Waals surface area (Å²) in [5.41, 5.74) is 1.30. The van der Waals surface area contributed by atoms with Gasteiger partial charge in [-0.25, -0.2) is 0 Å². The first-order chi connectivity index (χ1) is 6.79. The Bertz CT molecular complexity index is 257. The summed E-state index contributed by atoms with van der Waals surface area (Å²) in [6.45, 7) is 4.61. The smallest absolute Gasteiger partial charge is 0.157 e. The Morgan fingerprint density at radius 1 is 1.50 bits per heavy atom. The molecule has 2 nitrogen and oxygen atoms in total. The fraction of sp³-hybridized carbons (Fsp3) is 0.750. The Balaban J connectivity index is 1.89. The molecular weight excluding hydrogens is 174 g/mol. The monoisotopic (exact) mass is 193 g/mol. The molecule has 1 aliphatic heterocycles. The number of hydrogen-bond acceptors (Lipinski definition) is 2. The molecule has 1 saturated heterocycles. The molecule has 1 heterocycles. The molecule has 0 aromatic carbocycles. The molecule has 2 aliphatic rings. The third-order valence-corrected chi connectivity index (χ3v) is 3.34. The number of rotatable bonds is 3. The normalized spacial score (nSPS) is 27.2. The zero-order valence-corrected chi connectivity index (χ0v) is 8.96. The van der Waals surface area contributed by atoms with E-state index >= 15 is 0 Å². The van der Waals surface area contributed by atoms with E-state index in [1.54, 1.807) is 0 Å². The van der Waals surface area contributed by atoms with E-state index in [0.29, 0.717) is 5.78 Å². The van der Waals surface area contributed by atoms with Gasteiger partial charge in [-0.05, 0) is 25.2 Å². The van der Waals surface area contributed by atoms with Gasteiger partial charge in [0.15, 0.2) is 5.78 Å². The molecule has 0 bridgehead atoms. The van der Waals surface area contributed by atoms with Crippen LogP contribution in [0.4, 0.5) is 0 Å². The second-order valence-corrected chi connectivity index (χ2v) is 4.49. The molecule has 0 aromatic rings. The van der Waals surface area contributed by atoms with Crippen molar-refractivity contribution >= 4 is 5.78 Å². The number of allylic oxidation sites excluding steroid dienone is 2. The summed E-state index contributed by atoms with van der Waals surface area (Å²) in [5, 5.41) is 0. The second kappa shape index (κ2) is 4.16. The molecule has 1 aliphatic carbocycles. The van der Waals surface area contributed by atoms with Gasteiger partial charge in [0.1, 0.15) is 0 Å². The molecule has 0 N–H and O–H groups in total. The molecule has 0 amide bonds. The van der Waals surface area contributed by atoms with E-state index < -0.39 is 0 Å². The van der Waals surface area contributed by atoms with Crippen molar-refractivity contribution in [3.05, 3.63) is 11.8 Å². The summed E-state index contributed by atoms with van der Waals surface area (Å²) in [4.78, 5) is 13.5. The molecule has 14 heavy (non-hydrogen) atoms. The molecule has 1 fully saturated rings. The zero-order valence-electron chi connectivity index (χ0n) is 8.96. The van der Waals surface area contributed by atoms with E-state index in [1.807, 2.05) is 6.08 Å². The lowest BCUT2D eigenvalue weighted by atomic mass is 10.0. The van der Waals surface area contributed by atoms with Crippen LogP contribution in [0.2, 0.25) is 0 Å². The van der Waals surface area contributed by atoms with Crippen molar-refractivity contribution < 1.29 is 4.79 Å². The largest absolute Gasteiger partial charge is 0.374 e. The maximum atomic E-state index is 11.1. The lowest BCUT2D eigenvalue weighted by Gasteiger charge is -2.19. The number of ketones is 1. The van der Waals surface area contributed by atoms with Crippen LogP contribution in [0.15, 0.2) is 11.8 Å². The van der Waals surface area contributed by atoms with Crippen molar-refractivity contribution in [2.75, 3.05) is 13.1 Å². The summed E-state index contributed by atoms with van der Waals surface area (Å²) in [5.74, 6) is 1.19. The fourth-order valence-corrected chi connectivity index (χ4v) is 2.57. The van der Waals surface area contributed by atoms with Gasteiger partial charge in [-0.2, -0.15) is 0 Å². The van der Waals surface area contributed by atoms with Gasteiger partial charge in [0.25, 0.3) is 0 Å². The molecule has 0 saturated carbocycles. The predicted octanol–water partition coefficient (Wildman–Crippen LogP) is 2.36. The Labute approximate surface area is 86.0 Å². The second-order valence-electron chi connectivity index (χ2n) is 4.49. The summed E-state index contributed by atoms with van der Waals surface area (Å²) in [6.07, 6.45) is 7.53. The van der Waals surface area contributed by atoms with Gasteiger partial charge in [-0.1, -0.05) is 13.3 Å². The highest BCUT2D eigenvalue weighted by atomic mass is 16.1. The van der Waals surface area contributed by atoms with Gasteiger partial charge in [0, 0.05) is 31.3 Å². The van der Waals surface area contributed by atoms with E-state index in [1.165, 1.54) is 38.0 Å². The van der Waals surface area contributed by atoms with Crippen molar-refractivity contribution in [2.45, 2.75) is 39.0 Å². The lowest BCUT2D eigenvalue weighted by molar-refractivity contribution is -0.114. The molecule has 78 valence electrons. The SMILES string of the molecule is CCCC1CCN(C2=CC(=O)CC2)C1. The summed E-state index contributed by atoms with van der Waals surface area (Å²) in [6, 6.07) is 0. The fourth-order valence-electron chi connectivity index (χ4n) is 2.57. The van der Waals surface area contributed by atoms with Crippen molar-refractivity contribution in [2.24, 2.45) is 5.92 Å². The van der Waals surface area contributed by atoms with Crippen LogP contribution in [0.25, 0.3) is 0 Å². The standard InChI is InChI=1S/C12H19NO/c1-2-3-10-6-7-13(9-10)11-4-5-12(14)8-11/h8,10H,2-7,9H2,1H3. The molecule has 1 atom stereocenters. The first kappa shape index (κ1) is 9.75. The van der Waals surface area contributed by atoms with Gasteiger partial charge < -0.3 is 4.90 Å². The van der Waals surface area contributed by atoms with E-state index in [0.717, 1.165) is 18.8 Å². The Morgan fingerprint density at radius 3 is 3.00 bits per heavy atom. The van der Waals surface area contributed by atoms with Crippen LogP contribution in [0.3, 0.4) is 0 Å². The highest BCUT2D eigenvalue weighted by Crippen LogP contribution is 2.28. The maximum Gasteiger partial charge on any atom is 0.157 e. The van der Waals surface area contributed by atoms with Gasteiger partial charge in [-0.15, -0.1) is 0 Å². The number of likely N-dealkylation sites (tertiary alicyclic amines) is 1. The van der Waals surface area contributed by atoms with Gasteiger partial charge >= 0.3 is 0 Å². The number of carbonyl (C=O) groups is 1. The van der Waals surface area contributed by atoms with Gasteiger partial charge in [0.05, 0.1) is 0 Å². The molecule has 0 aromatic heterocycles.